The first-order valence-electron chi connectivity index (χ1n) is 6.79. The number of halogens is 1. The summed E-state index contributed by atoms with van der Waals surface area (Å²) in [6.07, 6.45) is 3.78. The summed E-state index contributed by atoms with van der Waals surface area (Å²) in [6, 6.07) is 5.94. The van der Waals surface area contributed by atoms with Crippen molar-refractivity contribution < 1.29 is 4.79 Å². The topological polar surface area (TPSA) is 46.3 Å². The normalized spacial score (nSPS) is 15.3. The molecule has 1 heterocycles. The summed E-state index contributed by atoms with van der Waals surface area (Å²) in [5.74, 6) is 0.723. The van der Waals surface area contributed by atoms with Crippen molar-refractivity contribution in [2.45, 2.75) is 19.3 Å². The highest BCUT2D eigenvalue weighted by Gasteiger charge is 2.24. The van der Waals surface area contributed by atoms with Crippen LogP contribution in [0.3, 0.4) is 0 Å². The standard InChI is InChI=1S/C15H17BrN2OS/c1-18(8-9-3-2-4-9)15(19)14-13(17)11-6-5-10(16)7-12(11)20-14/h5-7,9H,2-4,8,17H2,1H3. The number of nitrogen functional groups attached to an aromatic ring is 1. The van der Waals surface area contributed by atoms with Crippen LogP contribution < -0.4 is 5.73 Å². The second-order valence-corrected chi connectivity index (χ2v) is 7.44. The molecule has 20 heavy (non-hydrogen) atoms. The molecule has 1 amide bonds. The number of nitrogens with zero attached hydrogens (tertiary/aromatic N) is 1. The molecular weight excluding hydrogens is 336 g/mol. The van der Waals surface area contributed by atoms with Crippen LogP contribution in [0.2, 0.25) is 0 Å². The first-order chi connectivity index (χ1) is 9.56. The van der Waals surface area contributed by atoms with Crippen LogP contribution >= 0.6 is 27.3 Å². The van der Waals surface area contributed by atoms with Gasteiger partial charge in [-0.3, -0.25) is 4.79 Å². The number of hydrogen-bond acceptors (Lipinski definition) is 3. The van der Waals surface area contributed by atoms with Gasteiger partial charge in [-0.25, -0.2) is 0 Å². The van der Waals surface area contributed by atoms with Gasteiger partial charge in [-0.1, -0.05) is 28.4 Å². The van der Waals surface area contributed by atoms with Gasteiger partial charge in [-0.05, 0) is 30.9 Å². The predicted octanol–water partition coefficient (Wildman–Crippen LogP) is 4.12. The smallest absolute Gasteiger partial charge is 0.265 e. The molecule has 0 radical (unpaired) electrons. The van der Waals surface area contributed by atoms with Crippen LogP contribution in [0.25, 0.3) is 10.1 Å². The molecule has 5 heteroatoms. The molecule has 1 aliphatic carbocycles. The van der Waals surface area contributed by atoms with Gasteiger partial charge >= 0.3 is 0 Å². The highest BCUT2D eigenvalue weighted by molar-refractivity contribution is 9.10. The molecule has 1 aromatic heterocycles. The molecule has 106 valence electrons. The summed E-state index contributed by atoms with van der Waals surface area (Å²) in [7, 11) is 1.88. The van der Waals surface area contributed by atoms with Crippen LogP contribution in [0.1, 0.15) is 28.9 Å². The highest BCUT2D eigenvalue weighted by atomic mass is 79.9. The lowest BCUT2D eigenvalue weighted by Gasteiger charge is -2.30. The van der Waals surface area contributed by atoms with Crippen molar-refractivity contribution in [3.05, 3.63) is 27.5 Å². The SMILES string of the molecule is CN(CC1CCC1)C(=O)c1sc2cc(Br)ccc2c1N. The van der Waals surface area contributed by atoms with Gasteiger partial charge in [0, 0.05) is 28.2 Å². The molecule has 0 aliphatic heterocycles. The zero-order chi connectivity index (χ0) is 14.3. The molecule has 3 nitrogen and oxygen atoms in total. The summed E-state index contributed by atoms with van der Waals surface area (Å²) in [5, 5.41) is 0.971. The predicted molar refractivity (Wildman–Crippen MR) is 88.2 cm³/mol. The molecule has 1 saturated carbocycles. The molecule has 1 fully saturated rings. The minimum Gasteiger partial charge on any atom is -0.397 e. The highest BCUT2D eigenvalue weighted by Crippen LogP contribution is 2.36. The zero-order valence-electron chi connectivity index (χ0n) is 11.4. The maximum absolute atomic E-state index is 12.5. The first-order valence-corrected chi connectivity index (χ1v) is 8.40. The Hall–Kier alpha value is -1.07. The van der Waals surface area contributed by atoms with Crippen LogP contribution in [0.5, 0.6) is 0 Å². The summed E-state index contributed by atoms with van der Waals surface area (Å²) < 4.78 is 2.06. The van der Waals surface area contributed by atoms with Gasteiger partial charge in [0.05, 0.1) is 5.69 Å². The molecule has 0 saturated heterocycles. The van der Waals surface area contributed by atoms with E-state index in [9.17, 15) is 4.79 Å². The second-order valence-electron chi connectivity index (χ2n) is 5.47. The minimum atomic E-state index is 0.0479. The van der Waals surface area contributed by atoms with Crippen molar-refractivity contribution in [3.8, 4) is 0 Å². The van der Waals surface area contributed by atoms with Gasteiger partial charge in [0.15, 0.2) is 0 Å². The van der Waals surface area contributed by atoms with Crippen molar-refractivity contribution in [1.82, 2.24) is 4.90 Å². The Kier molecular flexibility index (Phi) is 3.73. The van der Waals surface area contributed by atoms with Gasteiger partial charge in [0.25, 0.3) is 5.91 Å². The van der Waals surface area contributed by atoms with Crippen molar-refractivity contribution in [2.24, 2.45) is 5.92 Å². The van der Waals surface area contributed by atoms with Crippen LogP contribution in [-0.4, -0.2) is 24.4 Å². The number of fused-ring (bicyclic) bond motifs is 1. The molecular formula is C15H17BrN2OS. The van der Waals surface area contributed by atoms with Gasteiger partial charge in [0.1, 0.15) is 4.88 Å². The lowest BCUT2D eigenvalue weighted by molar-refractivity contribution is 0.0751. The Bertz CT molecular complexity index is 663. The van der Waals surface area contributed by atoms with E-state index in [1.165, 1.54) is 30.6 Å². The average Bonchev–Trinajstić information content (AvgIpc) is 2.69. The number of rotatable bonds is 3. The van der Waals surface area contributed by atoms with Gasteiger partial charge in [0.2, 0.25) is 0 Å². The molecule has 0 unspecified atom stereocenters. The number of thiophene rings is 1. The first kappa shape index (κ1) is 13.9. The third-order valence-corrected chi connectivity index (χ3v) is 5.64. The molecule has 0 atom stereocenters. The molecule has 0 spiro atoms. The second kappa shape index (κ2) is 5.37. The number of benzene rings is 1. The number of hydrogen-bond donors (Lipinski definition) is 1. The Morgan fingerprint density at radius 3 is 2.90 bits per heavy atom. The van der Waals surface area contributed by atoms with Crippen molar-refractivity contribution in [3.63, 3.8) is 0 Å². The van der Waals surface area contributed by atoms with Crippen LogP contribution in [0.4, 0.5) is 5.69 Å². The minimum absolute atomic E-state index is 0.0479. The summed E-state index contributed by atoms with van der Waals surface area (Å²) >= 11 is 4.93. The molecule has 1 aliphatic rings. The van der Waals surface area contributed by atoms with E-state index in [1.54, 1.807) is 0 Å². The van der Waals surface area contributed by atoms with Gasteiger partial charge in [-0.15, -0.1) is 11.3 Å². The fourth-order valence-corrected chi connectivity index (χ4v) is 4.24. The van der Waals surface area contributed by atoms with E-state index >= 15 is 0 Å². The fourth-order valence-electron chi connectivity index (χ4n) is 2.57. The van der Waals surface area contributed by atoms with Crippen LogP contribution in [0.15, 0.2) is 22.7 Å². The van der Waals surface area contributed by atoms with Crippen LogP contribution in [-0.2, 0) is 0 Å². The van der Waals surface area contributed by atoms with E-state index in [2.05, 4.69) is 15.9 Å². The Morgan fingerprint density at radius 1 is 1.50 bits per heavy atom. The third-order valence-electron chi connectivity index (χ3n) is 3.99. The summed E-state index contributed by atoms with van der Waals surface area (Å²) in [4.78, 5) is 15.0. The number of anilines is 1. The van der Waals surface area contributed by atoms with Gasteiger partial charge < -0.3 is 10.6 Å². The number of nitrogens with two attached hydrogens (primary N) is 1. The van der Waals surface area contributed by atoms with Crippen LogP contribution in [0, 0.1) is 5.92 Å². The number of carbonyl (C=O) groups is 1. The van der Waals surface area contributed by atoms with Crippen molar-refractivity contribution in [1.29, 1.82) is 0 Å². The monoisotopic (exact) mass is 352 g/mol. The van der Waals surface area contributed by atoms with Crippen molar-refractivity contribution >= 4 is 48.9 Å². The number of amides is 1. The average molecular weight is 353 g/mol. The third kappa shape index (κ3) is 2.44. The molecule has 1 aromatic carbocycles. The quantitative estimate of drug-likeness (QED) is 0.902. The largest absolute Gasteiger partial charge is 0.397 e. The summed E-state index contributed by atoms with van der Waals surface area (Å²) in [5.41, 5.74) is 6.77. The van der Waals surface area contributed by atoms with Crippen molar-refractivity contribution in [2.75, 3.05) is 19.3 Å². The van der Waals surface area contributed by atoms with Gasteiger partial charge in [-0.2, -0.15) is 0 Å². The molecule has 2 N–H and O–H groups in total. The zero-order valence-corrected chi connectivity index (χ0v) is 13.8. The fraction of sp³-hybridized carbons (Fsp3) is 0.400. The Morgan fingerprint density at radius 2 is 2.25 bits per heavy atom. The van der Waals surface area contributed by atoms with E-state index in [-0.39, 0.29) is 5.91 Å². The van der Waals surface area contributed by atoms with E-state index < -0.39 is 0 Å². The maximum atomic E-state index is 12.5. The maximum Gasteiger partial charge on any atom is 0.265 e. The Labute approximate surface area is 130 Å². The van der Waals surface area contributed by atoms with E-state index in [0.717, 1.165) is 21.1 Å². The summed E-state index contributed by atoms with van der Waals surface area (Å²) in [6.45, 7) is 0.843. The lowest BCUT2D eigenvalue weighted by Crippen LogP contribution is -2.34. The molecule has 0 bridgehead atoms. The molecule has 3 rings (SSSR count). The van der Waals surface area contributed by atoms with E-state index in [1.807, 2.05) is 30.1 Å². The molecule has 2 aromatic rings. The number of carbonyl (C=O) groups excluding carboxylic acids is 1. The van der Waals surface area contributed by atoms with E-state index in [4.69, 9.17) is 5.73 Å². The lowest BCUT2D eigenvalue weighted by atomic mass is 9.85. The Balaban J connectivity index is 1.88. The van der Waals surface area contributed by atoms with E-state index in [0.29, 0.717) is 16.5 Å².